The Hall–Kier alpha value is -1.87. The molecule has 0 saturated carbocycles. The lowest BCUT2D eigenvalue weighted by Crippen LogP contribution is -2.12. The van der Waals surface area contributed by atoms with Gasteiger partial charge in [0.2, 0.25) is 0 Å². The quantitative estimate of drug-likeness (QED) is 0.862. The third-order valence-electron chi connectivity index (χ3n) is 3.17. The van der Waals surface area contributed by atoms with E-state index in [1.807, 2.05) is 31.4 Å². The van der Waals surface area contributed by atoms with Crippen LogP contribution in [0.1, 0.15) is 24.1 Å². The number of nitrogens with zero attached hydrogens (tertiary/aromatic N) is 1. The van der Waals surface area contributed by atoms with Crippen LogP contribution >= 0.6 is 0 Å². The van der Waals surface area contributed by atoms with E-state index < -0.39 is 0 Å². The number of aromatic nitrogens is 1. The minimum Gasteiger partial charge on any atom is -0.493 e. The van der Waals surface area contributed by atoms with Gasteiger partial charge in [0, 0.05) is 24.9 Å². The van der Waals surface area contributed by atoms with Crippen molar-refractivity contribution in [2.24, 2.45) is 0 Å². The summed E-state index contributed by atoms with van der Waals surface area (Å²) in [6, 6.07) is 12.6. The molecule has 0 aliphatic heterocycles. The number of rotatable bonds is 6. The van der Waals surface area contributed by atoms with Crippen LogP contribution in [0.5, 0.6) is 5.75 Å². The minimum atomic E-state index is 0.335. The van der Waals surface area contributed by atoms with Crippen LogP contribution in [-0.4, -0.2) is 18.6 Å². The topological polar surface area (TPSA) is 34.1 Å². The van der Waals surface area contributed by atoms with Crippen molar-refractivity contribution in [3.63, 3.8) is 0 Å². The molecule has 3 nitrogen and oxygen atoms in total. The molecule has 1 aromatic heterocycles. The number of pyridine rings is 1. The van der Waals surface area contributed by atoms with Crippen molar-refractivity contribution >= 4 is 0 Å². The Morgan fingerprint density at radius 3 is 2.89 bits per heavy atom. The first-order valence-corrected chi connectivity index (χ1v) is 6.58. The van der Waals surface area contributed by atoms with Crippen molar-refractivity contribution in [1.82, 2.24) is 10.3 Å². The Labute approximate surface area is 114 Å². The lowest BCUT2D eigenvalue weighted by molar-refractivity contribution is 0.321. The Balaban J connectivity index is 1.89. The van der Waals surface area contributed by atoms with Crippen LogP contribution in [0.25, 0.3) is 0 Å². The van der Waals surface area contributed by atoms with E-state index in [1.165, 1.54) is 11.1 Å². The van der Waals surface area contributed by atoms with E-state index >= 15 is 0 Å². The van der Waals surface area contributed by atoms with Gasteiger partial charge in [-0.2, -0.15) is 0 Å². The van der Waals surface area contributed by atoms with Gasteiger partial charge >= 0.3 is 0 Å². The summed E-state index contributed by atoms with van der Waals surface area (Å²) >= 11 is 0. The fourth-order valence-electron chi connectivity index (χ4n) is 1.87. The standard InChI is InChI=1S/C16H20N2O/c1-13(17-2)15-6-3-7-16(11-15)19-10-8-14-5-4-9-18-12-14/h3-7,9,11-13,17H,8,10H2,1-2H3. The van der Waals surface area contributed by atoms with E-state index in [-0.39, 0.29) is 0 Å². The van der Waals surface area contributed by atoms with E-state index in [1.54, 1.807) is 6.20 Å². The summed E-state index contributed by atoms with van der Waals surface area (Å²) in [5.74, 6) is 0.920. The first-order chi connectivity index (χ1) is 9.29. The van der Waals surface area contributed by atoms with Crippen molar-refractivity contribution in [2.45, 2.75) is 19.4 Å². The van der Waals surface area contributed by atoms with Gasteiger partial charge in [-0.3, -0.25) is 4.98 Å². The smallest absolute Gasteiger partial charge is 0.119 e. The van der Waals surface area contributed by atoms with Gasteiger partial charge in [-0.25, -0.2) is 0 Å². The minimum absolute atomic E-state index is 0.335. The van der Waals surface area contributed by atoms with Gasteiger partial charge in [-0.05, 0) is 43.3 Å². The van der Waals surface area contributed by atoms with Crippen LogP contribution in [0.3, 0.4) is 0 Å². The van der Waals surface area contributed by atoms with E-state index in [9.17, 15) is 0 Å². The molecule has 1 N–H and O–H groups in total. The average Bonchev–Trinajstić information content (AvgIpc) is 2.48. The Bertz CT molecular complexity index is 499. The highest BCUT2D eigenvalue weighted by molar-refractivity contribution is 5.30. The van der Waals surface area contributed by atoms with Crippen molar-refractivity contribution in [2.75, 3.05) is 13.7 Å². The third-order valence-corrected chi connectivity index (χ3v) is 3.17. The second kappa shape index (κ2) is 6.90. The van der Waals surface area contributed by atoms with Gasteiger partial charge < -0.3 is 10.1 Å². The number of hydrogen-bond donors (Lipinski definition) is 1. The lowest BCUT2D eigenvalue weighted by atomic mass is 10.1. The van der Waals surface area contributed by atoms with Crippen LogP contribution in [0.2, 0.25) is 0 Å². The molecule has 1 aromatic carbocycles. The molecule has 1 unspecified atom stereocenters. The molecule has 3 heteroatoms. The number of hydrogen-bond acceptors (Lipinski definition) is 3. The summed E-state index contributed by atoms with van der Waals surface area (Å²) in [5.41, 5.74) is 2.43. The summed E-state index contributed by atoms with van der Waals surface area (Å²) in [4.78, 5) is 4.09. The normalized spacial score (nSPS) is 12.1. The van der Waals surface area contributed by atoms with Crippen LogP contribution < -0.4 is 10.1 Å². The monoisotopic (exact) mass is 256 g/mol. The van der Waals surface area contributed by atoms with Crippen molar-refractivity contribution in [3.8, 4) is 5.75 Å². The van der Waals surface area contributed by atoms with Crippen LogP contribution in [-0.2, 0) is 6.42 Å². The molecule has 0 radical (unpaired) electrons. The second-order valence-electron chi connectivity index (χ2n) is 4.54. The summed E-state index contributed by atoms with van der Waals surface area (Å²) in [6.45, 7) is 2.80. The zero-order valence-corrected chi connectivity index (χ0v) is 11.5. The van der Waals surface area contributed by atoms with Crippen molar-refractivity contribution < 1.29 is 4.74 Å². The molecule has 100 valence electrons. The molecule has 2 aromatic rings. The zero-order chi connectivity index (χ0) is 13.5. The van der Waals surface area contributed by atoms with E-state index in [0.717, 1.165) is 12.2 Å². The predicted molar refractivity (Wildman–Crippen MR) is 77.4 cm³/mol. The molecule has 1 atom stereocenters. The predicted octanol–water partition coefficient (Wildman–Crippen LogP) is 2.98. The Morgan fingerprint density at radius 2 is 2.16 bits per heavy atom. The first kappa shape index (κ1) is 13.6. The highest BCUT2D eigenvalue weighted by Crippen LogP contribution is 2.18. The van der Waals surface area contributed by atoms with E-state index in [2.05, 4.69) is 35.4 Å². The molecule has 1 heterocycles. The molecule has 0 aliphatic carbocycles. The number of nitrogens with one attached hydrogen (secondary N) is 1. The van der Waals surface area contributed by atoms with Crippen molar-refractivity contribution in [3.05, 3.63) is 59.9 Å². The SMILES string of the molecule is CNC(C)c1cccc(OCCc2cccnc2)c1. The maximum absolute atomic E-state index is 5.79. The molecule has 0 spiro atoms. The van der Waals surface area contributed by atoms with E-state index in [4.69, 9.17) is 4.74 Å². The zero-order valence-electron chi connectivity index (χ0n) is 11.5. The van der Waals surface area contributed by atoms with Gasteiger partial charge in [-0.1, -0.05) is 18.2 Å². The average molecular weight is 256 g/mol. The highest BCUT2D eigenvalue weighted by Gasteiger charge is 2.03. The molecule has 0 amide bonds. The molecule has 0 aliphatic rings. The summed E-state index contributed by atoms with van der Waals surface area (Å²) in [7, 11) is 1.96. The second-order valence-corrected chi connectivity index (χ2v) is 4.54. The first-order valence-electron chi connectivity index (χ1n) is 6.58. The number of benzene rings is 1. The largest absolute Gasteiger partial charge is 0.493 e. The maximum atomic E-state index is 5.79. The number of ether oxygens (including phenoxy) is 1. The van der Waals surface area contributed by atoms with Gasteiger partial charge in [0.15, 0.2) is 0 Å². The van der Waals surface area contributed by atoms with Gasteiger partial charge in [0.05, 0.1) is 6.61 Å². The fourth-order valence-corrected chi connectivity index (χ4v) is 1.87. The van der Waals surface area contributed by atoms with Crippen LogP contribution in [0.15, 0.2) is 48.8 Å². The molecule has 0 bridgehead atoms. The van der Waals surface area contributed by atoms with Crippen LogP contribution in [0, 0.1) is 0 Å². The summed E-state index contributed by atoms with van der Waals surface area (Å²) in [5, 5.41) is 3.23. The van der Waals surface area contributed by atoms with E-state index in [0.29, 0.717) is 12.6 Å². The van der Waals surface area contributed by atoms with Crippen LogP contribution in [0.4, 0.5) is 0 Å². The maximum Gasteiger partial charge on any atom is 0.119 e. The molecule has 2 rings (SSSR count). The molecular weight excluding hydrogens is 236 g/mol. The van der Waals surface area contributed by atoms with Crippen molar-refractivity contribution in [1.29, 1.82) is 0 Å². The fraction of sp³-hybridized carbons (Fsp3) is 0.312. The molecule has 0 saturated heterocycles. The van der Waals surface area contributed by atoms with Gasteiger partial charge in [0.25, 0.3) is 0 Å². The highest BCUT2D eigenvalue weighted by atomic mass is 16.5. The third kappa shape index (κ3) is 4.07. The molecule has 19 heavy (non-hydrogen) atoms. The molecule has 0 fully saturated rings. The Morgan fingerprint density at radius 1 is 1.26 bits per heavy atom. The van der Waals surface area contributed by atoms with Gasteiger partial charge in [-0.15, -0.1) is 0 Å². The summed E-state index contributed by atoms with van der Waals surface area (Å²) < 4.78 is 5.79. The van der Waals surface area contributed by atoms with Gasteiger partial charge in [0.1, 0.15) is 5.75 Å². The lowest BCUT2D eigenvalue weighted by Gasteiger charge is -2.12. The summed E-state index contributed by atoms with van der Waals surface area (Å²) in [6.07, 6.45) is 4.54. The molecular formula is C16H20N2O. The Kier molecular flexibility index (Phi) is 4.93.